The molecule has 0 amide bonds. The van der Waals surface area contributed by atoms with Crippen LogP contribution in [0.5, 0.6) is 0 Å². The highest BCUT2D eigenvalue weighted by Gasteiger charge is 2.28. The van der Waals surface area contributed by atoms with E-state index in [4.69, 9.17) is 9.84 Å². The van der Waals surface area contributed by atoms with Crippen molar-refractivity contribution in [2.45, 2.75) is 26.8 Å². The van der Waals surface area contributed by atoms with Crippen LogP contribution < -0.4 is 0 Å². The molecule has 0 aliphatic rings. The van der Waals surface area contributed by atoms with Gasteiger partial charge >= 0.3 is 11.9 Å². The molecule has 0 fully saturated rings. The summed E-state index contributed by atoms with van der Waals surface area (Å²) in [6, 6.07) is 0. The summed E-state index contributed by atoms with van der Waals surface area (Å²) >= 11 is 0. The zero-order chi connectivity index (χ0) is 12.8. The summed E-state index contributed by atoms with van der Waals surface area (Å²) < 4.78 is 6.40. The van der Waals surface area contributed by atoms with Gasteiger partial charge in [0.15, 0.2) is 5.92 Å². The number of hydrogen-bond acceptors (Lipinski definition) is 4. The minimum absolute atomic E-state index is 0.105. The number of carbonyl (C=O) groups excluding carboxylic acids is 1. The molecule has 6 nitrogen and oxygen atoms in total. The molecular formula is C11H16N2O4. The van der Waals surface area contributed by atoms with E-state index in [1.54, 1.807) is 24.0 Å². The molecule has 0 radical (unpaired) electrons. The number of carbonyl (C=O) groups is 2. The highest BCUT2D eigenvalue weighted by molar-refractivity contribution is 5.94. The van der Waals surface area contributed by atoms with Gasteiger partial charge in [-0.05, 0) is 25.8 Å². The fraction of sp³-hybridized carbons (Fsp3) is 0.545. The van der Waals surface area contributed by atoms with E-state index < -0.39 is 17.9 Å². The zero-order valence-corrected chi connectivity index (χ0v) is 9.92. The van der Waals surface area contributed by atoms with Gasteiger partial charge in [0.2, 0.25) is 0 Å². The van der Waals surface area contributed by atoms with Crippen LogP contribution in [0.2, 0.25) is 0 Å². The minimum Gasteiger partial charge on any atom is -0.481 e. The van der Waals surface area contributed by atoms with Crippen molar-refractivity contribution in [1.29, 1.82) is 0 Å². The zero-order valence-electron chi connectivity index (χ0n) is 9.92. The first kappa shape index (κ1) is 13.2. The van der Waals surface area contributed by atoms with E-state index in [2.05, 4.69) is 5.10 Å². The molecule has 1 aromatic rings. The molecule has 17 heavy (non-hydrogen) atoms. The second-order valence-corrected chi connectivity index (χ2v) is 3.55. The molecule has 1 atom stereocenters. The summed E-state index contributed by atoms with van der Waals surface area (Å²) in [6.45, 7) is 4.46. The van der Waals surface area contributed by atoms with Crippen molar-refractivity contribution in [3.8, 4) is 0 Å². The molecule has 1 heterocycles. The average Bonchev–Trinajstić information content (AvgIpc) is 2.73. The molecule has 0 bridgehead atoms. The summed E-state index contributed by atoms with van der Waals surface area (Å²) in [4.78, 5) is 22.4. The number of rotatable bonds is 6. The molecule has 0 aromatic carbocycles. The first-order chi connectivity index (χ1) is 8.08. The topological polar surface area (TPSA) is 81.4 Å². The van der Waals surface area contributed by atoms with Gasteiger partial charge in [0, 0.05) is 12.7 Å². The monoisotopic (exact) mass is 240 g/mol. The van der Waals surface area contributed by atoms with Crippen LogP contribution in [0.3, 0.4) is 0 Å². The predicted molar refractivity (Wildman–Crippen MR) is 59.4 cm³/mol. The highest BCUT2D eigenvalue weighted by Crippen LogP contribution is 2.10. The average molecular weight is 240 g/mol. The Labute approximate surface area is 99.2 Å². The summed E-state index contributed by atoms with van der Waals surface area (Å²) in [6.07, 6.45) is 3.40. The van der Waals surface area contributed by atoms with Crippen molar-refractivity contribution < 1.29 is 19.4 Å². The van der Waals surface area contributed by atoms with Crippen LogP contribution in [0.25, 0.3) is 0 Å². The number of aryl methyl sites for hydroxylation is 1. The molecule has 0 saturated carbocycles. The number of ether oxygens (including phenoxy) is 1. The quantitative estimate of drug-likeness (QED) is 0.585. The third-order valence-electron chi connectivity index (χ3n) is 2.32. The van der Waals surface area contributed by atoms with E-state index in [-0.39, 0.29) is 13.0 Å². The second kappa shape index (κ2) is 6.03. The molecule has 1 aromatic heterocycles. The largest absolute Gasteiger partial charge is 0.481 e. The fourth-order valence-electron chi connectivity index (χ4n) is 1.43. The van der Waals surface area contributed by atoms with Crippen molar-refractivity contribution >= 4 is 11.9 Å². The first-order valence-electron chi connectivity index (χ1n) is 5.49. The van der Waals surface area contributed by atoms with E-state index in [0.717, 1.165) is 0 Å². The molecular weight excluding hydrogens is 224 g/mol. The number of esters is 1. The Morgan fingerprint density at radius 1 is 1.53 bits per heavy atom. The predicted octanol–water partition coefficient (Wildman–Crippen LogP) is 0.709. The number of hydrogen-bond donors (Lipinski definition) is 1. The Hall–Kier alpha value is -1.85. The standard InChI is InChI=1S/C11H16N2O4/c1-3-13-7-8(6-12-13)5-9(10(14)15)11(16)17-4-2/h6-7,9H,3-5H2,1-2H3,(H,14,15). The molecule has 1 N–H and O–H groups in total. The summed E-state index contributed by atoms with van der Waals surface area (Å²) in [5.41, 5.74) is 0.715. The Morgan fingerprint density at radius 2 is 2.24 bits per heavy atom. The van der Waals surface area contributed by atoms with E-state index in [0.29, 0.717) is 12.1 Å². The molecule has 0 spiro atoms. The Bertz CT molecular complexity index is 400. The number of nitrogens with zero attached hydrogens (tertiary/aromatic N) is 2. The Kier molecular flexibility index (Phi) is 4.68. The van der Waals surface area contributed by atoms with Crippen LogP contribution in [0.15, 0.2) is 12.4 Å². The van der Waals surface area contributed by atoms with Crippen molar-refractivity contribution in [1.82, 2.24) is 9.78 Å². The molecule has 0 aliphatic heterocycles. The normalized spacial score (nSPS) is 12.1. The number of aromatic nitrogens is 2. The fourth-order valence-corrected chi connectivity index (χ4v) is 1.43. The van der Waals surface area contributed by atoms with Crippen LogP contribution in [0.1, 0.15) is 19.4 Å². The lowest BCUT2D eigenvalue weighted by atomic mass is 10.0. The van der Waals surface area contributed by atoms with Gasteiger partial charge in [-0.1, -0.05) is 0 Å². The smallest absolute Gasteiger partial charge is 0.320 e. The third-order valence-corrected chi connectivity index (χ3v) is 2.32. The molecule has 94 valence electrons. The van der Waals surface area contributed by atoms with Gasteiger partial charge in [0.05, 0.1) is 12.8 Å². The molecule has 0 saturated heterocycles. The van der Waals surface area contributed by atoms with E-state index in [1.165, 1.54) is 0 Å². The lowest BCUT2D eigenvalue weighted by Crippen LogP contribution is -2.27. The van der Waals surface area contributed by atoms with Crippen LogP contribution >= 0.6 is 0 Å². The van der Waals surface area contributed by atoms with Gasteiger partial charge in [-0.2, -0.15) is 5.10 Å². The van der Waals surface area contributed by atoms with Gasteiger partial charge in [-0.25, -0.2) is 0 Å². The summed E-state index contributed by atoms with van der Waals surface area (Å²) in [5.74, 6) is -3.04. The van der Waals surface area contributed by atoms with Gasteiger partial charge < -0.3 is 9.84 Å². The van der Waals surface area contributed by atoms with Crippen molar-refractivity contribution in [3.63, 3.8) is 0 Å². The van der Waals surface area contributed by atoms with Crippen LogP contribution in [-0.2, 0) is 27.3 Å². The van der Waals surface area contributed by atoms with Gasteiger partial charge in [-0.15, -0.1) is 0 Å². The summed E-state index contributed by atoms with van der Waals surface area (Å²) in [5, 5.41) is 13.0. The Morgan fingerprint density at radius 3 is 2.71 bits per heavy atom. The van der Waals surface area contributed by atoms with E-state index >= 15 is 0 Å². The van der Waals surface area contributed by atoms with E-state index in [9.17, 15) is 9.59 Å². The van der Waals surface area contributed by atoms with Crippen LogP contribution in [0.4, 0.5) is 0 Å². The maximum atomic E-state index is 11.4. The number of aliphatic carboxylic acids is 1. The van der Waals surface area contributed by atoms with Crippen molar-refractivity contribution in [2.75, 3.05) is 6.61 Å². The lowest BCUT2D eigenvalue weighted by molar-refractivity contribution is -0.158. The van der Waals surface area contributed by atoms with Gasteiger partial charge in [0.1, 0.15) is 0 Å². The maximum absolute atomic E-state index is 11.4. The molecule has 1 unspecified atom stereocenters. The lowest BCUT2D eigenvalue weighted by Gasteiger charge is -2.09. The maximum Gasteiger partial charge on any atom is 0.320 e. The summed E-state index contributed by atoms with van der Waals surface area (Å²) in [7, 11) is 0. The highest BCUT2D eigenvalue weighted by atomic mass is 16.5. The van der Waals surface area contributed by atoms with E-state index in [1.807, 2.05) is 6.92 Å². The Balaban J connectivity index is 2.73. The molecule has 0 aliphatic carbocycles. The van der Waals surface area contributed by atoms with Crippen molar-refractivity contribution in [3.05, 3.63) is 18.0 Å². The van der Waals surface area contributed by atoms with Gasteiger partial charge in [0.25, 0.3) is 0 Å². The number of carboxylic acid groups (broad SMARTS) is 1. The SMILES string of the molecule is CCOC(=O)C(Cc1cnn(CC)c1)C(=O)O. The molecule has 6 heteroatoms. The minimum atomic E-state index is -1.17. The van der Waals surface area contributed by atoms with Crippen LogP contribution in [-0.4, -0.2) is 33.4 Å². The molecule has 1 rings (SSSR count). The van der Waals surface area contributed by atoms with Crippen molar-refractivity contribution in [2.24, 2.45) is 5.92 Å². The second-order valence-electron chi connectivity index (χ2n) is 3.55. The third kappa shape index (κ3) is 3.58. The first-order valence-corrected chi connectivity index (χ1v) is 5.49. The van der Waals surface area contributed by atoms with Gasteiger partial charge in [-0.3, -0.25) is 14.3 Å². The van der Waals surface area contributed by atoms with Crippen LogP contribution in [0, 0.1) is 5.92 Å². The number of carboxylic acids is 1.